The van der Waals surface area contributed by atoms with E-state index in [4.69, 9.17) is 0 Å². The average molecular weight is 338 g/mol. The zero-order valence-corrected chi connectivity index (χ0v) is 12.8. The van der Waals surface area contributed by atoms with E-state index in [0.717, 1.165) is 12.4 Å². The summed E-state index contributed by atoms with van der Waals surface area (Å²) in [6.45, 7) is 2.29. The number of hydrogen-bond acceptors (Lipinski definition) is 5. The van der Waals surface area contributed by atoms with E-state index in [1.54, 1.807) is 6.92 Å². The van der Waals surface area contributed by atoms with Gasteiger partial charge in [-0.15, -0.1) is 0 Å². The summed E-state index contributed by atoms with van der Waals surface area (Å²) in [5.74, 6) is 0.144. The van der Waals surface area contributed by atoms with Gasteiger partial charge in [0.25, 0.3) is 0 Å². The minimum Gasteiger partial charge on any atom is -0.367 e. The molecule has 0 radical (unpaired) electrons. The largest absolute Gasteiger partial charge is 0.433 e. The zero-order valence-electron chi connectivity index (χ0n) is 12.0. The molecule has 1 aromatic rings. The maximum absolute atomic E-state index is 12.6. The van der Waals surface area contributed by atoms with Crippen molar-refractivity contribution < 1.29 is 21.6 Å². The molecule has 124 valence electrons. The summed E-state index contributed by atoms with van der Waals surface area (Å²) in [6.07, 6.45) is -2.62. The molecule has 1 aromatic heterocycles. The quantitative estimate of drug-likeness (QED) is 0.905. The van der Waals surface area contributed by atoms with Gasteiger partial charge in [-0.3, -0.25) is 0 Å². The molecule has 0 unspecified atom stereocenters. The van der Waals surface area contributed by atoms with E-state index in [1.807, 2.05) is 0 Å². The van der Waals surface area contributed by atoms with Crippen LogP contribution in [-0.2, 0) is 16.2 Å². The lowest BCUT2D eigenvalue weighted by Crippen LogP contribution is -2.43. The highest BCUT2D eigenvalue weighted by molar-refractivity contribution is 7.89. The van der Waals surface area contributed by atoms with Crippen LogP contribution in [0.2, 0.25) is 0 Å². The third-order valence-corrected chi connectivity index (χ3v) is 5.40. The van der Waals surface area contributed by atoms with Gasteiger partial charge >= 0.3 is 6.18 Å². The van der Waals surface area contributed by atoms with Crippen LogP contribution in [0.3, 0.4) is 0 Å². The molecule has 1 N–H and O–H groups in total. The number of nitrogens with zero attached hydrogens (tertiary/aromatic N) is 3. The Morgan fingerprint density at radius 3 is 2.50 bits per heavy atom. The van der Waals surface area contributed by atoms with Crippen molar-refractivity contribution in [2.24, 2.45) is 0 Å². The third kappa shape index (κ3) is 4.07. The summed E-state index contributed by atoms with van der Waals surface area (Å²) in [6, 6.07) is 0.745. The van der Waals surface area contributed by atoms with Crippen molar-refractivity contribution in [3.8, 4) is 0 Å². The van der Waals surface area contributed by atoms with Gasteiger partial charge in [-0.2, -0.15) is 13.2 Å². The van der Waals surface area contributed by atoms with Crippen LogP contribution in [0.15, 0.2) is 12.4 Å². The molecular weight excluding hydrogens is 321 g/mol. The van der Waals surface area contributed by atoms with E-state index in [-0.39, 0.29) is 17.6 Å². The molecule has 0 atom stereocenters. The van der Waals surface area contributed by atoms with Crippen LogP contribution in [0.25, 0.3) is 0 Å². The van der Waals surface area contributed by atoms with Gasteiger partial charge in [0.15, 0.2) is 0 Å². The summed E-state index contributed by atoms with van der Waals surface area (Å²) >= 11 is 0. The second kappa shape index (κ2) is 6.37. The Hall–Kier alpha value is -1.42. The molecule has 1 fully saturated rings. The number of aromatic nitrogens is 2. The molecule has 0 spiro atoms. The molecule has 1 aliphatic heterocycles. The van der Waals surface area contributed by atoms with Gasteiger partial charge in [0.1, 0.15) is 17.8 Å². The van der Waals surface area contributed by atoms with Crippen LogP contribution in [0, 0.1) is 0 Å². The number of piperidine rings is 1. The molecule has 1 aliphatic rings. The molecule has 0 aromatic carbocycles. The van der Waals surface area contributed by atoms with Crippen molar-refractivity contribution >= 4 is 15.8 Å². The predicted octanol–water partition coefficient (Wildman–Crippen LogP) is 1.72. The SMILES string of the molecule is CCS(=O)(=O)N1CCC(Nc2cc(C(F)(F)F)ncn2)CC1. The average Bonchev–Trinajstić information content (AvgIpc) is 2.47. The van der Waals surface area contributed by atoms with Gasteiger partial charge < -0.3 is 5.32 Å². The molecule has 0 bridgehead atoms. The van der Waals surface area contributed by atoms with Crippen LogP contribution in [-0.4, -0.2) is 47.6 Å². The molecule has 22 heavy (non-hydrogen) atoms. The van der Waals surface area contributed by atoms with Gasteiger partial charge in [0.2, 0.25) is 10.0 Å². The van der Waals surface area contributed by atoms with Crippen molar-refractivity contribution in [3.05, 3.63) is 18.1 Å². The van der Waals surface area contributed by atoms with Crippen molar-refractivity contribution in [2.45, 2.75) is 32.0 Å². The second-order valence-electron chi connectivity index (χ2n) is 5.00. The molecule has 0 aliphatic carbocycles. The molecule has 2 rings (SSSR count). The van der Waals surface area contributed by atoms with E-state index < -0.39 is 21.9 Å². The lowest BCUT2D eigenvalue weighted by molar-refractivity contribution is -0.141. The number of anilines is 1. The molecule has 0 saturated carbocycles. The van der Waals surface area contributed by atoms with E-state index in [0.29, 0.717) is 25.9 Å². The minimum atomic E-state index is -4.52. The molecule has 10 heteroatoms. The maximum atomic E-state index is 12.6. The van der Waals surface area contributed by atoms with Gasteiger partial charge in [-0.05, 0) is 19.8 Å². The van der Waals surface area contributed by atoms with Crippen molar-refractivity contribution in [3.63, 3.8) is 0 Å². The fraction of sp³-hybridized carbons (Fsp3) is 0.667. The molecule has 2 heterocycles. The fourth-order valence-corrected chi connectivity index (χ4v) is 3.39. The van der Waals surface area contributed by atoms with Gasteiger partial charge in [0.05, 0.1) is 5.75 Å². The van der Waals surface area contributed by atoms with Crippen LogP contribution in [0.4, 0.5) is 19.0 Å². The smallest absolute Gasteiger partial charge is 0.367 e. The highest BCUT2D eigenvalue weighted by Crippen LogP contribution is 2.28. The maximum Gasteiger partial charge on any atom is 0.433 e. The van der Waals surface area contributed by atoms with Crippen molar-refractivity contribution in [1.82, 2.24) is 14.3 Å². The standard InChI is InChI=1S/C12H17F3N4O2S/c1-2-22(20,21)19-5-3-9(4-6-19)18-11-7-10(12(13,14)15)16-8-17-11/h7-9H,2-6H2,1H3,(H,16,17,18). The summed E-state index contributed by atoms with van der Waals surface area (Å²) in [5.41, 5.74) is -1.00. The van der Waals surface area contributed by atoms with Crippen LogP contribution in [0.1, 0.15) is 25.5 Å². The number of sulfonamides is 1. The number of halogens is 3. The van der Waals surface area contributed by atoms with Crippen LogP contribution >= 0.6 is 0 Å². The normalized spacial score (nSPS) is 18.4. The molecule has 1 saturated heterocycles. The van der Waals surface area contributed by atoms with Gasteiger partial charge in [-0.25, -0.2) is 22.7 Å². The van der Waals surface area contributed by atoms with E-state index >= 15 is 0 Å². The fourth-order valence-electron chi connectivity index (χ4n) is 2.26. The van der Waals surface area contributed by atoms with E-state index in [9.17, 15) is 21.6 Å². The Morgan fingerprint density at radius 2 is 1.95 bits per heavy atom. The molecule has 6 nitrogen and oxygen atoms in total. The van der Waals surface area contributed by atoms with Crippen molar-refractivity contribution in [2.75, 3.05) is 24.2 Å². The number of hydrogen-bond donors (Lipinski definition) is 1. The minimum absolute atomic E-state index is 0.0476. The first-order chi connectivity index (χ1) is 10.2. The lowest BCUT2D eigenvalue weighted by Gasteiger charge is -2.31. The summed E-state index contributed by atoms with van der Waals surface area (Å²) in [5, 5.41) is 2.91. The Bertz CT molecular complexity index is 613. The Balaban J connectivity index is 1.97. The first-order valence-electron chi connectivity index (χ1n) is 6.86. The zero-order chi connectivity index (χ0) is 16.4. The second-order valence-corrected chi connectivity index (χ2v) is 7.26. The summed E-state index contributed by atoms with van der Waals surface area (Å²) in [4.78, 5) is 6.97. The first-order valence-corrected chi connectivity index (χ1v) is 8.47. The third-order valence-electron chi connectivity index (χ3n) is 3.52. The number of alkyl halides is 3. The molecule has 0 amide bonds. The van der Waals surface area contributed by atoms with E-state index in [1.165, 1.54) is 4.31 Å². The number of rotatable bonds is 4. The monoisotopic (exact) mass is 338 g/mol. The molecular formula is C12H17F3N4O2S. The van der Waals surface area contributed by atoms with E-state index in [2.05, 4.69) is 15.3 Å². The van der Waals surface area contributed by atoms with Gasteiger partial charge in [-0.1, -0.05) is 0 Å². The topological polar surface area (TPSA) is 75.2 Å². The highest BCUT2D eigenvalue weighted by atomic mass is 32.2. The van der Waals surface area contributed by atoms with Crippen molar-refractivity contribution in [1.29, 1.82) is 0 Å². The van der Waals surface area contributed by atoms with Gasteiger partial charge in [0, 0.05) is 25.2 Å². The predicted molar refractivity (Wildman–Crippen MR) is 74.7 cm³/mol. The summed E-state index contributed by atoms with van der Waals surface area (Å²) < 4.78 is 62.6. The Morgan fingerprint density at radius 1 is 1.32 bits per heavy atom. The van der Waals surface area contributed by atoms with Crippen LogP contribution < -0.4 is 5.32 Å². The first kappa shape index (κ1) is 16.9. The highest BCUT2D eigenvalue weighted by Gasteiger charge is 2.33. The lowest BCUT2D eigenvalue weighted by atomic mass is 10.1. The number of nitrogens with one attached hydrogen (secondary N) is 1. The Labute approximate surface area is 126 Å². The Kier molecular flexibility index (Phi) is 4.90. The summed E-state index contributed by atoms with van der Waals surface area (Å²) in [7, 11) is -3.21. The van der Waals surface area contributed by atoms with Crippen LogP contribution in [0.5, 0.6) is 0 Å².